The maximum atomic E-state index is 10.9. The van der Waals surface area contributed by atoms with Gasteiger partial charge < -0.3 is 20.4 Å². The van der Waals surface area contributed by atoms with Crippen LogP contribution in [0.1, 0.15) is 35.0 Å². The number of hydrogen-bond acceptors (Lipinski definition) is 7. The highest BCUT2D eigenvalue weighted by Gasteiger charge is 2.21. The van der Waals surface area contributed by atoms with Crippen LogP contribution in [0, 0.1) is 20.8 Å². The Hall–Kier alpha value is -5.17. The molecule has 0 bridgehead atoms. The third-order valence-electron chi connectivity index (χ3n) is 7.09. The Morgan fingerprint density at radius 2 is 1.18 bits per heavy atom. The number of benzene rings is 4. The van der Waals surface area contributed by atoms with E-state index in [-0.39, 0.29) is 34.6 Å². The van der Waals surface area contributed by atoms with Gasteiger partial charge in [-0.3, -0.25) is 0 Å². The van der Waals surface area contributed by atoms with Gasteiger partial charge in [-0.15, -0.1) is 0 Å². The van der Waals surface area contributed by atoms with Crippen molar-refractivity contribution in [2.24, 2.45) is 0 Å². The highest BCUT2D eigenvalue weighted by molar-refractivity contribution is 5.83. The van der Waals surface area contributed by atoms with Gasteiger partial charge in [-0.05, 0) is 80.3 Å². The second-order valence-electron chi connectivity index (χ2n) is 9.62. The lowest BCUT2D eigenvalue weighted by Crippen LogP contribution is -2.05. The van der Waals surface area contributed by atoms with Gasteiger partial charge in [0.05, 0.1) is 11.1 Å². The smallest absolute Gasteiger partial charge is 0.167 e. The minimum Gasteiger partial charge on any atom is -0.508 e. The number of aromatic nitrogens is 3. The zero-order valence-electron chi connectivity index (χ0n) is 22.6. The standard InChI is InChI=1S/C33H29N3O4/c1-5-23(26-17-22(12-11-18(26)2)21-9-7-6-8-10-21)31-34-32(24-13-15-27(37)19(3)29(24)39)36-33(35-31)25-14-16-28(38)20(4)30(25)40/h5-17,37-40H,1-4H3/b23-5+. The average Bonchev–Trinajstić information content (AvgIpc) is 2.96. The van der Waals surface area contributed by atoms with Gasteiger partial charge in [-0.1, -0.05) is 48.5 Å². The molecule has 0 fully saturated rings. The van der Waals surface area contributed by atoms with Gasteiger partial charge in [0, 0.05) is 16.7 Å². The third kappa shape index (κ3) is 4.73. The van der Waals surface area contributed by atoms with Gasteiger partial charge in [0.15, 0.2) is 17.5 Å². The monoisotopic (exact) mass is 531 g/mol. The zero-order chi connectivity index (χ0) is 28.6. The first kappa shape index (κ1) is 26.4. The predicted octanol–water partition coefficient (Wildman–Crippen LogP) is 7.07. The number of rotatable bonds is 5. The molecule has 0 saturated carbocycles. The SMILES string of the molecule is C/C=C(/c1nc(-c2ccc(O)c(C)c2O)nc(-c2ccc(O)c(C)c2O)n1)c1cc(-c2ccccc2)ccc1C. The number of hydrogen-bond donors (Lipinski definition) is 4. The Morgan fingerprint density at radius 3 is 1.70 bits per heavy atom. The van der Waals surface area contributed by atoms with Crippen LogP contribution in [0.2, 0.25) is 0 Å². The van der Waals surface area contributed by atoms with Gasteiger partial charge in [0.2, 0.25) is 0 Å². The topological polar surface area (TPSA) is 120 Å². The molecular formula is C33H29N3O4. The van der Waals surface area contributed by atoms with E-state index in [9.17, 15) is 20.4 Å². The summed E-state index contributed by atoms with van der Waals surface area (Å²) in [5.41, 5.74) is 5.99. The maximum absolute atomic E-state index is 10.9. The Morgan fingerprint density at radius 1 is 0.625 bits per heavy atom. The molecule has 0 aliphatic rings. The van der Waals surface area contributed by atoms with E-state index >= 15 is 0 Å². The van der Waals surface area contributed by atoms with Crippen molar-refractivity contribution in [2.75, 3.05) is 0 Å². The number of aryl methyl sites for hydroxylation is 1. The minimum atomic E-state index is -0.154. The van der Waals surface area contributed by atoms with Gasteiger partial charge in [0.1, 0.15) is 23.0 Å². The summed E-state index contributed by atoms with van der Waals surface area (Å²) in [6.07, 6.45) is 1.92. The molecular weight excluding hydrogens is 502 g/mol. The van der Waals surface area contributed by atoms with Gasteiger partial charge in [-0.2, -0.15) is 0 Å². The van der Waals surface area contributed by atoms with Crippen LogP contribution in [-0.2, 0) is 0 Å². The molecule has 0 saturated heterocycles. The molecule has 0 atom stereocenters. The van der Waals surface area contributed by atoms with E-state index < -0.39 is 0 Å². The van der Waals surface area contributed by atoms with Gasteiger partial charge in [-0.25, -0.2) is 15.0 Å². The molecule has 0 aliphatic heterocycles. The minimum absolute atomic E-state index is 0.0509. The molecule has 0 unspecified atom stereocenters. The normalized spacial score (nSPS) is 11.6. The molecule has 4 N–H and O–H groups in total. The first-order chi connectivity index (χ1) is 19.2. The van der Waals surface area contributed by atoms with E-state index in [2.05, 4.69) is 35.3 Å². The van der Waals surface area contributed by atoms with E-state index in [0.717, 1.165) is 27.8 Å². The summed E-state index contributed by atoms with van der Waals surface area (Å²) >= 11 is 0. The van der Waals surface area contributed by atoms with Crippen molar-refractivity contribution in [3.63, 3.8) is 0 Å². The van der Waals surface area contributed by atoms with Crippen molar-refractivity contribution in [3.8, 4) is 56.9 Å². The summed E-state index contributed by atoms with van der Waals surface area (Å²) in [4.78, 5) is 14.1. The first-order valence-corrected chi connectivity index (χ1v) is 12.8. The van der Waals surface area contributed by atoms with Crippen molar-refractivity contribution in [1.82, 2.24) is 15.0 Å². The summed E-state index contributed by atoms with van der Waals surface area (Å²) in [7, 11) is 0. The molecule has 1 heterocycles. The molecule has 1 aromatic heterocycles. The number of allylic oxidation sites excluding steroid dienone is 1. The molecule has 7 heteroatoms. The van der Waals surface area contributed by atoms with E-state index in [1.165, 1.54) is 12.1 Å². The first-order valence-electron chi connectivity index (χ1n) is 12.8. The third-order valence-corrected chi connectivity index (χ3v) is 7.09. The van der Waals surface area contributed by atoms with Gasteiger partial charge >= 0.3 is 0 Å². The molecule has 7 nitrogen and oxygen atoms in total. The van der Waals surface area contributed by atoms with Crippen LogP contribution in [0.5, 0.6) is 23.0 Å². The maximum Gasteiger partial charge on any atom is 0.167 e. The number of aromatic hydroxyl groups is 4. The summed E-state index contributed by atoms with van der Waals surface area (Å²) < 4.78 is 0. The van der Waals surface area contributed by atoms with E-state index in [4.69, 9.17) is 9.97 Å². The fraction of sp³-hybridized carbons (Fsp3) is 0.121. The van der Waals surface area contributed by atoms with Crippen LogP contribution in [0.4, 0.5) is 0 Å². The lowest BCUT2D eigenvalue weighted by Gasteiger charge is -2.15. The highest BCUT2D eigenvalue weighted by Crippen LogP contribution is 2.39. The van der Waals surface area contributed by atoms with Crippen LogP contribution in [0.25, 0.3) is 39.5 Å². The Labute approximate surface area is 232 Å². The van der Waals surface area contributed by atoms with Gasteiger partial charge in [0.25, 0.3) is 0 Å². The quantitative estimate of drug-likeness (QED) is 0.191. The molecule has 0 amide bonds. The molecule has 5 aromatic rings. The highest BCUT2D eigenvalue weighted by atomic mass is 16.3. The molecule has 4 aromatic carbocycles. The van der Waals surface area contributed by atoms with Crippen molar-refractivity contribution < 1.29 is 20.4 Å². The summed E-state index contributed by atoms with van der Waals surface area (Å²) in [6.45, 7) is 7.11. The lowest BCUT2D eigenvalue weighted by atomic mass is 9.94. The van der Waals surface area contributed by atoms with Crippen LogP contribution in [-0.4, -0.2) is 35.4 Å². The molecule has 0 aliphatic carbocycles. The summed E-state index contributed by atoms with van der Waals surface area (Å²) in [6, 6.07) is 22.3. The fourth-order valence-corrected chi connectivity index (χ4v) is 4.60. The van der Waals surface area contributed by atoms with Crippen LogP contribution in [0.15, 0.2) is 78.9 Å². The largest absolute Gasteiger partial charge is 0.508 e. The second kappa shape index (κ2) is 10.5. The van der Waals surface area contributed by atoms with Crippen LogP contribution < -0.4 is 0 Å². The van der Waals surface area contributed by atoms with Crippen LogP contribution >= 0.6 is 0 Å². The summed E-state index contributed by atoms with van der Waals surface area (Å²) in [5.74, 6) is 0.266. The summed E-state index contributed by atoms with van der Waals surface area (Å²) in [5, 5.41) is 42.0. The van der Waals surface area contributed by atoms with E-state index in [1.807, 2.05) is 38.1 Å². The lowest BCUT2D eigenvalue weighted by molar-refractivity contribution is 0.443. The molecule has 0 radical (unpaired) electrons. The van der Waals surface area contributed by atoms with Crippen molar-refractivity contribution in [3.05, 3.63) is 107 Å². The predicted molar refractivity (Wildman–Crippen MR) is 156 cm³/mol. The number of phenols is 4. The molecule has 5 rings (SSSR count). The Balaban J connectivity index is 1.76. The molecule has 0 spiro atoms. The fourth-order valence-electron chi connectivity index (χ4n) is 4.60. The number of phenolic OH excluding ortho intramolecular Hbond substituents is 4. The second-order valence-corrected chi connectivity index (χ2v) is 9.62. The van der Waals surface area contributed by atoms with Crippen molar-refractivity contribution in [1.29, 1.82) is 0 Å². The van der Waals surface area contributed by atoms with Crippen molar-refractivity contribution >= 4 is 5.57 Å². The van der Waals surface area contributed by atoms with Crippen molar-refractivity contribution in [2.45, 2.75) is 27.7 Å². The molecule has 200 valence electrons. The zero-order valence-corrected chi connectivity index (χ0v) is 22.6. The van der Waals surface area contributed by atoms with E-state index in [1.54, 1.807) is 26.0 Å². The Bertz CT molecular complexity index is 1700. The average molecular weight is 532 g/mol. The van der Waals surface area contributed by atoms with E-state index in [0.29, 0.717) is 28.1 Å². The Kier molecular flexibility index (Phi) is 6.96. The number of nitrogens with zero attached hydrogens (tertiary/aromatic N) is 3. The molecule has 40 heavy (non-hydrogen) atoms. The van der Waals surface area contributed by atoms with Crippen LogP contribution in [0.3, 0.4) is 0 Å².